The number of rotatable bonds is 6. The molecule has 1 amide bonds. The third kappa shape index (κ3) is 6.14. The summed E-state index contributed by atoms with van der Waals surface area (Å²) in [6.45, 7) is 9.69. The summed E-state index contributed by atoms with van der Waals surface area (Å²) >= 11 is 1.77. The molecule has 1 unspecified atom stereocenters. The van der Waals surface area contributed by atoms with E-state index in [4.69, 9.17) is 14.2 Å². The minimum Gasteiger partial charge on any atom is -0.489 e. The fourth-order valence-corrected chi connectivity index (χ4v) is 6.79. The standard InChI is InChI=1S/C32H39N3O4S/c1-23-5-10-30(40-23)26-18-27-21-35(32(36)25-6-8-28(9-7-25)34-12-15-37-16-13-34)14-17-38-31(27)29(19-26)39-22-24-4-3-11-33(2)20-24/h5-10,18-19,24H,3-4,11-17,20-22H2,1-2H3. The van der Waals surface area contributed by atoms with E-state index in [1.807, 2.05) is 29.2 Å². The SMILES string of the molecule is Cc1ccc(-c2cc3c(c(OCC4CCCN(C)C4)c2)OCCN(C(=O)c2ccc(N4CCOCC4)cc2)C3)s1. The molecule has 7 nitrogen and oxygen atoms in total. The number of carbonyl (C=O) groups is 1. The van der Waals surface area contributed by atoms with Crippen molar-refractivity contribution in [3.8, 4) is 21.9 Å². The Hall–Kier alpha value is -3.07. The predicted molar refractivity (Wildman–Crippen MR) is 160 cm³/mol. The number of anilines is 1. The van der Waals surface area contributed by atoms with Gasteiger partial charge in [-0.2, -0.15) is 0 Å². The van der Waals surface area contributed by atoms with Gasteiger partial charge in [0, 0.05) is 58.7 Å². The molecule has 0 aliphatic carbocycles. The van der Waals surface area contributed by atoms with Gasteiger partial charge in [0.15, 0.2) is 11.5 Å². The number of carbonyl (C=O) groups excluding carboxylic acids is 1. The van der Waals surface area contributed by atoms with Gasteiger partial charge < -0.3 is 28.9 Å². The van der Waals surface area contributed by atoms with Crippen LogP contribution in [-0.4, -0.2) is 81.9 Å². The maximum absolute atomic E-state index is 13.7. The first kappa shape index (κ1) is 27.1. The number of thiophene rings is 1. The van der Waals surface area contributed by atoms with Crippen LogP contribution in [0.4, 0.5) is 5.69 Å². The number of ether oxygens (including phenoxy) is 3. The normalized spacial score (nSPS) is 20.0. The summed E-state index contributed by atoms with van der Waals surface area (Å²) in [7, 11) is 2.18. The van der Waals surface area contributed by atoms with Crippen LogP contribution in [0.25, 0.3) is 10.4 Å². The van der Waals surface area contributed by atoms with Gasteiger partial charge in [-0.1, -0.05) is 0 Å². The number of aryl methyl sites for hydroxylation is 1. The van der Waals surface area contributed by atoms with E-state index < -0.39 is 0 Å². The molecule has 0 saturated carbocycles. The van der Waals surface area contributed by atoms with E-state index in [1.54, 1.807) is 11.3 Å². The molecule has 212 valence electrons. The minimum atomic E-state index is 0.0232. The Kier molecular flexibility index (Phi) is 8.27. The average Bonchev–Trinajstić information content (AvgIpc) is 3.30. The zero-order valence-corrected chi connectivity index (χ0v) is 24.4. The van der Waals surface area contributed by atoms with Crippen LogP contribution >= 0.6 is 11.3 Å². The number of fused-ring (bicyclic) bond motifs is 1. The highest BCUT2D eigenvalue weighted by molar-refractivity contribution is 7.15. The first-order valence-electron chi connectivity index (χ1n) is 14.4. The van der Waals surface area contributed by atoms with Crippen LogP contribution in [0, 0.1) is 12.8 Å². The molecule has 0 bridgehead atoms. The number of hydrogen-bond donors (Lipinski definition) is 0. The van der Waals surface area contributed by atoms with E-state index in [0.717, 1.165) is 67.7 Å². The van der Waals surface area contributed by atoms with Gasteiger partial charge in [-0.05, 0) is 87.5 Å². The summed E-state index contributed by atoms with van der Waals surface area (Å²) < 4.78 is 18.3. The molecule has 0 radical (unpaired) electrons. The molecule has 40 heavy (non-hydrogen) atoms. The van der Waals surface area contributed by atoms with Gasteiger partial charge in [0.1, 0.15) is 6.61 Å². The molecule has 4 heterocycles. The zero-order valence-electron chi connectivity index (χ0n) is 23.6. The van der Waals surface area contributed by atoms with Crippen LogP contribution in [0.1, 0.15) is 33.6 Å². The van der Waals surface area contributed by atoms with Crippen LogP contribution in [0.5, 0.6) is 11.5 Å². The van der Waals surface area contributed by atoms with E-state index in [1.165, 1.54) is 22.6 Å². The second-order valence-corrected chi connectivity index (χ2v) is 12.5. The second kappa shape index (κ2) is 12.2. The lowest BCUT2D eigenvalue weighted by atomic mass is 9.99. The first-order chi connectivity index (χ1) is 19.5. The van der Waals surface area contributed by atoms with Gasteiger partial charge in [0.25, 0.3) is 5.91 Å². The number of benzene rings is 2. The van der Waals surface area contributed by atoms with Crippen LogP contribution in [0.3, 0.4) is 0 Å². The largest absolute Gasteiger partial charge is 0.489 e. The molecule has 6 rings (SSSR count). The van der Waals surface area contributed by atoms with Crippen molar-refractivity contribution < 1.29 is 19.0 Å². The lowest BCUT2D eigenvalue weighted by Gasteiger charge is -2.29. The van der Waals surface area contributed by atoms with E-state index in [2.05, 4.69) is 48.0 Å². The molecule has 3 aromatic rings. The highest BCUT2D eigenvalue weighted by Gasteiger charge is 2.26. The van der Waals surface area contributed by atoms with Crippen molar-refractivity contribution >= 4 is 22.9 Å². The lowest BCUT2D eigenvalue weighted by Crippen LogP contribution is -2.36. The van der Waals surface area contributed by atoms with E-state index in [-0.39, 0.29) is 5.91 Å². The number of likely N-dealkylation sites (tertiary alicyclic amines) is 1. The number of amides is 1. The lowest BCUT2D eigenvalue weighted by molar-refractivity contribution is 0.0733. The Morgan fingerprint density at radius 2 is 1.85 bits per heavy atom. The van der Waals surface area contributed by atoms with Crippen LogP contribution in [0.15, 0.2) is 48.5 Å². The summed E-state index contributed by atoms with van der Waals surface area (Å²) in [6, 6.07) is 16.6. The molecule has 2 fully saturated rings. The minimum absolute atomic E-state index is 0.0232. The van der Waals surface area contributed by atoms with Gasteiger partial charge in [-0.15, -0.1) is 11.3 Å². The molecule has 8 heteroatoms. The maximum Gasteiger partial charge on any atom is 0.254 e. The first-order valence-corrected chi connectivity index (χ1v) is 15.2. The zero-order chi connectivity index (χ0) is 27.5. The summed E-state index contributed by atoms with van der Waals surface area (Å²) in [6.07, 6.45) is 2.39. The Balaban J connectivity index is 1.24. The topological polar surface area (TPSA) is 54.5 Å². The van der Waals surface area contributed by atoms with Crippen molar-refractivity contribution in [1.29, 1.82) is 0 Å². The Bertz CT molecular complexity index is 1320. The maximum atomic E-state index is 13.7. The highest BCUT2D eigenvalue weighted by atomic mass is 32.1. The quantitative estimate of drug-likeness (QED) is 0.406. The van der Waals surface area contributed by atoms with Gasteiger partial charge >= 0.3 is 0 Å². The fraction of sp³-hybridized carbons (Fsp3) is 0.469. The number of nitrogens with zero attached hydrogens (tertiary/aromatic N) is 3. The summed E-state index contributed by atoms with van der Waals surface area (Å²) in [5.41, 5.74) is 3.94. The molecular formula is C32H39N3O4S. The van der Waals surface area contributed by atoms with Crippen LogP contribution < -0.4 is 14.4 Å². The molecule has 1 atom stereocenters. The third-order valence-corrected chi connectivity index (χ3v) is 9.15. The fourth-order valence-electron chi connectivity index (χ4n) is 5.93. The molecule has 1 aromatic heterocycles. The summed E-state index contributed by atoms with van der Waals surface area (Å²) in [5, 5.41) is 0. The molecular weight excluding hydrogens is 522 g/mol. The van der Waals surface area contributed by atoms with Crippen molar-refractivity contribution in [2.75, 3.05) is 71.1 Å². The van der Waals surface area contributed by atoms with Gasteiger partial charge in [0.2, 0.25) is 0 Å². The van der Waals surface area contributed by atoms with Crippen LogP contribution in [0.2, 0.25) is 0 Å². The third-order valence-electron chi connectivity index (χ3n) is 8.10. The number of piperidine rings is 1. The van der Waals surface area contributed by atoms with Crippen molar-refractivity contribution in [1.82, 2.24) is 9.80 Å². The van der Waals surface area contributed by atoms with Crippen molar-refractivity contribution in [3.05, 3.63) is 64.5 Å². The number of morpholine rings is 1. The Morgan fingerprint density at radius 3 is 2.60 bits per heavy atom. The van der Waals surface area contributed by atoms with Crippen molar-refractivity contribution in [3.63, 3.8) is 0 Å². The average molecular weight is 562 g/mol. The number of hydrogen-bond acceptors (Lipinski definition) is 7. The molecule has 3 aliphatic rings. The van der Waals surface area contributed by atoms with E-state index in [0.29, 0.717) is 37.8 Å². The predicted octanol–water partition coefficient (Wildman–Crippen LogP) is 5.32. The molecule has 0 spiro atoms. The highest BCUT2D eigenvalue weighted by Crippen LogP contribution is 2.41. The van der Waals surface area contributed by atoms with Crippen LogP contribution in [-0.2, 0) is 11.3 Å². The second-order valence-electron chi connectivity index (χ2n) is 11.2. The van der Waals surface area contributed by atoms with Crippen molar-refractivity contribution in [2.45, 2.75) is 26.3 Å². The Labute approximate surface area is 241 Å². The van der Waals surface area contributed by atoms with Gasteiger partial charge in [-0.25, -0.2) is 0 Å². The molecule has 2 aromatic carbocycles. The summed E-state index contributed by atoms with van der Waals surface area (Å²) in [5.74, 6) is 2.09. The smallest absolute Gasteiger partial charge is 0.254 e. The molecule has 2 saturated heterocycles. The molecule has 3 aliphatic heterocycles. The van der Waals surface area contributed by atoms with Gasteiger partial charge in [0.05, 0.1) is 26.4 Å². The van der Waals surface area contributed by atoms with Crippen molar-refractivity contribution in [2.24, 2.45) is 5.92 Å². The van der Waals surface area contributed by atoms with Gasteiger partial charge in [-0.3, -0.25) is 4.79 Å². The van der Waals surface area contributed by atoms with E-state index in [9.17, 15) is 4.79 Å². The monoisotopic (exact) mass is 561 g/mol. The van der Waals surface area contributed by atoms with E-state index >= 15 is 0 Å². The Morgan fingerprint density at radius 1 is 1.02 bits per heavy atom. The summed E-state index contributed by atoms with van der Waals surface area (Å²) in [4.78, 5) is 22.7. The molecule has 0 N–H and O–H groups in total.